The van der Waals surface area contributed by atoms with Gasteiger partial charge in [-0.2, -0.15) is 5.26 Å². The monoisotopic (exact) mass is 226 g/mol. The van der Waals surface area contributed by atoms with E-state index in [1.807, 2.05) is 42.7 Å². The van der Waals surface area contributed by atoms with E-state index in [9.17, 15) is 5.26 Å². The first-order valence-electron chi connectivity index (χ1n) is 4.86. The lowest BCUT2D eigenvalue weighted by molar-refractivity contribution is 1.41. The Morgan fingerprint density at radius 1 is 1.38 bits per heavy atom. The Balaban J connectivity index is 2.62. The normalized spacial score (nSPS) is 17.4. The fourth-order valence-electron chi connectivity index (χ4n) is 1.63. The Kier molecular flexibility index (Phi) is 2.93. The first kappa shape index (κ1) is 10.7. The highest BCUT2D eigenvalue weighted by Gasteiger charge is 2.16. The standard InChI is InChI=1S/C13H10N2S/c1-9-4-2-3-5-10(9)12(8-14)11-6-7-16-13(11)15/h2-7,15H,1H3/b12-11+,15-13?. The van der Waals surface area contributed by atoms with Crippen molar-refractivity contribution < 1.29 is 0 Å². The average molecular weight is 226 g/mol. The van der Waals surface area contributed by atoms with E-state index in [1.54, 1.807) is 0 Å². The smallest absolute Gasteiger partial charge is 0.100 e. The second kappa shape index (κ2) is 4.38. The Morgan fingerprint density at radius 2 is 2.12 bits per heavy atom. The first-order chi connectivity index (χ1) is 7.74. The van der Waals surface area contributed by atoms with E-state index in [0.717, 1.165) is 16.7 Å². The molecule has 16 heavy (non-hydrogen) atoms. The molecule has 0 atom stereocenters. The van der Waals surface area contributed by atoms with Crippen LogP contribution in [0.5, 0.6) is 0 Å². The summed E-state index contributed by atoms with van der Waals surface area (Å²) in [6.45, 7) is 1.97. The van der Waals surface area contributed by atoms with Crippen molar-refractivity contribution in [2.45, 2.75) is 6.92 Å². The number of aryl methyl sites for hydroxylation is 1. The summed E-state index contributed by atoms with van der Waals surface area (Å²) in [6.07, 6.45) is 1.83. The molecule has 0 saturated heterocycles. The minimum absolute atomic E-state index is 0.444. The SMILES string of the molecule is Cc1ccccc1/C(C#N)=C1\C=CSC1=N. The third kappa shape index (κ3) is 1.80. The van der Waals surface area contributed by atoms with Gasteiger partial charge in [-0.15, -0.1) is 0 Å². The number of rotatable bonds is 1. The van der Waals surface area contributed by atoms with Gasteiger partial charge in [0.25, 0.3) is 0 Å². The van der Waals surface area contributed by atoms with Crippen LogP contribution in [0.25, 0.3) is 5.57 Å². The summed E-state index contributed by atoms with van der Waals surface area (Å²) in [5, 5.41) is 19.3. The van der Waals surface area contributed by atoms with Crippen molar-refractivity contribution in [3.05, 3.63) is 52.4 Å². The van der Waals surface area contributed by atoms with Gasteiger partial charge < -0.3 is 0 Å². The van der Waals surface area contributed by atoms with Gasteiger partial charge in [-0.1, -0.05) is 36.0 Å². The molecule has 1 aromatic rings. The number of nitrogens with one attached hydrogen (secondary N) is 1. The topological polar surface area (TPSA) is 47.6 Å². The van der Waals surface area contributed by atoms with E-state index in [4.69, 9.17) is 5.41 Å². The lowest BCUT2D eigenvalue weighted by atomic mass is 9.97. The van der Waals surface area contributed by atoms with Gasteiger partial charge in [-0.25, -0.2) is 0 Å². The van der Waals surface area contributed by atoms with Crippen LogP contribution in [0, 0.1) is 23.7 Å². The van der Waals surface area contributed by atoms with Crippen LogP contribution in [0.4, 0.5) is 0 Å². The van der Waals surface area contributed by atoms with Crippen molar-refractivity contribution in [2.24, 2.45) is 0 Å². The van der Waals surface area contributed by atoms with Gasteiger partial charge in [0.1, 0.15) is 6.07 Å². The Hall–Kier alpha value is -1.79. The van der Waals surface area contributed by atoms with Crippen LogP contribution >= 0.6 is 11.8 Å². The summed E-state index contributed by atoms with van der Waals surface area (Å²) in [7, 11) is 0. The number of nitrogens with zero attached hydrogens (tertiary/aromatic N) is 1. The number of hydrogen-bond acceptors (Lipinski definition) is 3. The highest BCUT2D eigenvalue weighted by atomic mass is 32.2. The van der Waals surface area contributed by atoms with Crippen LogP contribution in [0.1, 0.15) is 11.1 Å². The Morgan fingerprint density at radius 3 is 2.69 bits per heavy atom. The molecule has 0 bridgehead atoms. The van der Waals surface area contributed by atoms with E-state index >= 15 is 0 Å². The number of thioether (sulfide) groups is 1. The molecule has 0 saturated carbocycles. The summed E-state index contributed by atoms with van der Waals surface area (Å²) in [6, 6.07) is 9.96. The Labute approximate surface area is 98.8 Å². The minimum atomic E-state index is 0.444. The molecule has 1 N–H and O–H groups in total. The molecule has 0 aromatic heterocycles. The van der Waals surface area contributed by atoms with Gasteiger partial charge in [0.15, 0.2) is 0 Å². The lowest BCUT2D eigenvalue weighted by Crippen LogP contribution is -1.95. The summed E-state index contributed by atoms with van der Waals surface area (Å²) < 4.78 is 0. The maximum atomic E-state index is 9.23. The second-order valence-electron chi connectivity index (χ2n) is 3.47. The largest absolute Gasteiger partial charge is 0.293 e. The maximum absolute atomic E-state index is 9.23. The molecule has 2 nitrogen and oxygen atoms in total. The van der Waals surface area contributed by atoms with E-state index in [2.05, 4.69) is 6.07 Å². The Bertz CT molecular complexity index is 547. The summed E-state index contributed by atoms with van der Waals surface area (Å²) in [5.41, 5.74) is 3.28. The molecule has 0 spiro atoms. The van der Waals surface area contributed by atoms with Crippen LogP contribution in [0.3, 0.4) is 0 Å². The highest BCUT2D eigenvalue weighted by molar-refractivity contribution is 8.17. The van der Waals surface area contributed by atoms with Gasteiger partial charge >= 0.3 is 0 Å². The molecule has 0 radical (unpaired) electrons. The van der Waals surface area contributed by atoms with Crippen molar-refractivity contribution in [1.82, 2.24) is 0 Å². The first-order valence-corrected chi connectivity index (χ1v) is 5.74. The van der Waals surface area contributed by atoms with Crippen molar-refractivity contribution in [3.8, 4) is 6.07 Å². The zero-order valence-corrected chi connectivity index (χ0v) is 9.64. The van der Waals surface area contributed by atoms with Crippen LogP contribution in [-0.4, -0.2) is 5.04 Å². The molecule has 1 heterocycles. The van der Waals surface area contributed by atoms with Crippen LogP contribution in [0.15, 0.2) is 41.3 Å². The van der Waals surface area contributed by atoms with Gasteiger partial charge in [0.2, 0.25) is 0 Å². The highest BCUT2D eigenvalue weighted by Crippen LogP contribution is 2.30. The molecular formula is C13H10N2S. The molecule has 78 valence electrons. The van der Waals surface area contributed by atoms with Gasteiger partial charge in [-0.05, 0) is 29.5 Å². The lowest BCUT2D eigenvalue weighted by Gasteiger charge is -2.06. The molecule has 0 fully saturated rings. The molecule has 1 aliphatic heterocycles. The van der Waals surface area contributed by atoms with E-state index in [1.165, 1.54) is 11.8 Å². The van der Waals surface area contributed by atoms with Crippen molar-refractivity contribution >= 4 is 22.4 Å². The zero-order chi connectivity index (χ0) is 11.5. The summed E-state index contributed by atoms with van der Waals surface area (Å²) in [5.74, 6) is 0. The molecule has 1 aromatic carbocycles. The van der Waals surface area contributed by atoms with Crippen molar-refractivity contribution in [1.29, 1.82) is 10.7 Å². The number of benzene rings is 1. The van der Waals surface area contributed by atoms with Crippen LogP contribution in [-0.2, 0) is 0 Å². The average Bonchev–Trinajstić information content (AvgIpc) is 2.69. The molecule has 0 amide bonds. The number of allylic oxidation sites excluding steroid dienone is 2. The van der Waals surface area contributed by atoms with Crippen LogP contribution < -0.4 is 0 Å². The van der Waals surface area contributed by atoms with Crippen molar-refractivity contribution in [3.63, 3.8) is 0 Å². The molecular weight excluding hydrogens is 216 g/mol. The van der Waals surface area contributed by atoms with Crippen molar-refractivity contribution in [2.75, 3.05) is 0 Å². The molecule has 0 unspecified atom stereocenters. The summed E-state index contributed by atoms with van der Waals surface area (Å²) >= 11 is 1.34. The molecule has 3 heteroatoms. The second-order valence-corrected chi connectivity index (χ2v) is 4.38. The van der Waals surface area contributed by atoms with Gasteiger partial charge in [0.05, 0.1) is 10.6 Å². The minimum Gasteiger partial charge on any atom is -0.293 e. The van der Waals surface area contributed by atoms with Gasteiger partial charge in [0, 0.05) is 5.57 Å². The molecule has 1 aliphatic rings. The van der Waals surface area contributed by atoms with Gasteiger partial charge in [-0.3, -0.25) is 5.41 Å². The molecule has 0 aliphatic carbocycles. The fourth-order valence-corrected chi connectivity index (χ4v) is 2.26. The predicted molar refractivity (Wildman–Crippen MR) is 68.2 cm³/mol. The summed E-state index contributed by atoms with van der Waals surface area (Å²) in [4.78, 5) is 0. The fraction of sp³-hybridized carbons (Fsp3) is 0.0769. The quantitative estimate of drug-likeness (QED) is 0.745. The van der Waals surface area contributed by atoms with E-state index < -0.39 is 0 Å². The third-order valence-corrected chi connectivity index (χ3v) is 3.19. The molecule has 2 rings (SSSR count). The number of nitriles is 1. The third-order valence-electron chi connectivity index (χ3n) is 2.46. The maximum Gasteiger partial charge on any atom is 0.100 e. The van der Waals surface area contributed by atoms with E-state index in [0.29, 0.717) is 10.6 Å². The van der Waals surface area contributed by atoms with E-state index in [-0.39, 0.29) is 0 Å². The predicted octanol–water partition coefficient (Wildman–Crippen LogP) is 3.51. The number of hydrogen-bond donors (Lipinski definition) is 1. The van der Waals surface area contributed by atoms with Crippen LogP contribution in [0.2, 0.25) is 0 Å². The zero-order valence-electron chi connectivity index (χ0n) is 8.82.